The maximum Gasteiger partial charge on any atom is 0.274 e. The van der Waals surface area contributed by atoms with E-state index in [1.807, 2.05) is 36.6 Å². The number of hydrogen-bond donors (Lipinski definition) is 1. The molecule has 6 nitrogen and oxygen atoms in total. The second-order valence-corrected chi connectivity index (χ2v) is 10.4. The van der Waals surface area contributed by atoms with Crippen LogP contribution in [-0.2, 0) is 12.0 Å². The zero-order valence-electron chi connectivity index (χ0n) is 19.8. The normalized spacial score (nSPS) is 13.5. The van der Waals surface area contributed by atoms with E-state index in [4.69, 9.17) is 4.74 Å². The molecule has 0 saturated carbocycles. The van der Waals surface area contributed by atoms with Crippen LogP contribution >= 0.6 is 0 Å². The highest BCUT2D eigenvalue weighted by Crippen LogP contribution is 2.36. The number of nitrogens with zero attached hydrogens (tertiary/aromatic N) is 3. The van der Waals surface area contributed by atoms with Crippen molar-refractivity contribution in [2.45, 2.75) is 73.0 Å². The van der Waals surface area contributed by atoms with Gasteiger partial charge in [0.2, 0.25) is 0 Å². The molecule has 2 heterocycles. The lowest BCUT2D eigenvalue weighted by Crippen LogP contribution is -2.28. The van der Waals surface area contributed by atoms with E-state index >= 15 is 0 Å². The van der Waals surface area contributed by atoms with Gasteiger partial charge in [-0.2, -0.15) is 9.61 Å². The van der Waals surface area contributed by atoms with Gasteiger partial charge in [0.15, 0.2) is 0 Å². The molecule has 0 fully saturated rings. The van der Waals surface area contributed by atoms with Gasteiger partial charge >= 0.3 is 0 Å². The Hall–Kier alpha value is -2.60. The summed E-state index contributed by atoms with van der Waals surface area (Å²) in [5, 5.41) is 14.8. The third-order valence-electron chi connectivity index (χ3n) is 5.50. The molecule has 0 unspecified atom stereocenters. The SMILES string of the molecule is Cc1cc2n(C[C@@H](O)COc3ccc(C(C)(C)CC(C)(C)C)cc3)c(C)cc(=O)n2n1. The monoisotopic (exact) mass is 425 g/mol. The predicted octanol–water partition coefficient (Wildman–Crippen LogP) is 4.27. The zero-order chi connectivity index (χ0) is 23.0. The quantitative estimate of drug-likeness (QED) is 0.614. The fourth-order valence-corrected chi connectivity index (χ4v) is 4.46. The van der Waals surface area contributed by atoms with Gasteiger partial charge < -0.3 is 14.4 Å². The van der Waals surface area contributed by atoms with Gasteiger partial charge in [-0.05, 0) is 48.8 Å². The highest BCUT2D eigenvalue weighted by molar-refractivity contribution is 5.41. The van der Waals surface area contributed by atoms with Crippen molar-refractivity contribution < 1.29 is 9.84 Å². The average Bonchev–Trinajstić information content (AvgIpc) is 3.04. The van der Waals surface area contributed by atoms with Crippen LogP contribution in [0.25, 0.3) is 5.65 Å². The molecule has 1 atom stereocenters. The lowest BCUT2D eigenvalue weighted by molar-refractivity contribution is 0.0926. The zero-order valence-corrected chi connectivity index (χ0v) is 19.8. The minimum atomic E-state index is -0.725. The van der Waals surface area contributed by atoms with Crippen molar-refractivity contribution in [2.24, 2.45) is 5.41 Å². The van der Waals surface area contributed by atoms with Crippen LogP contribution in [0, 0.1) is 19.3 Å². The first-order chi connectivity index (χ1) is 14.4. The number of aromatic nitrogens is 3. The second-order valence-electron chi connectivity index (χ2n) is 10.4. The summed E-state index contributed by atoms with van der Waals surface area (Å²) in [6.45, 7) is 15.5. The number of hydrogen-bond acceptors (Lipinski definition) is 4. The van der Waals surface area contributed by atoms with Gasteiger partial charge in [0.05, 0.1) is 12.2 Å². The summed E-state index contributed by atoms with van der Waals surface area (Å²) in [6.07, 6.45) is 0.359. The van der Waals surface area contributed by atoms with Crippen LogP contribution < -0.4 is 10.3 Å². The number of aliphatic hydroxyl groups excluding tert-OH is 1. The van der Waals surface area contributed by atoms with Gasteiger partial charge in [0, 0.05) is 17.8 Å². The number of fused-ring (bicyclic) bond motifs is 1. The summed E-state index contributed by atoms with van der Waals surface area (Å²) >= 11 is 0. The van der Waals surface area contributed by atoms with E-state index in [2.05, 4.69) is 51.9 Å². The molecular formula is C25H35N3O3. The molecule has 0 aliphatic heterocycles. The van der Waals surface area contributed by atoms with Crippen molar-refractivity contribution in [2.75, 3.05) is 6.61 Å². The second kappa shape index (κ2) is 8.50. The van der Waals surface area contributed by atoms with Gasteiger partial charge in [-0.15, -0.1) is 0 Å². The van der Waals surface area contributed by atoms with E-state index in [1.54, 1.807) is 0 Å². The Bertz CT molecular complexity index is 1100. The smallest absolute Gasteiger partial charge is 0.274 e. The molecule has 0 amide bonds. The largest absolute Gasteiger partial charge is 0.491 e. The molecule has 1 N–H and O–H groups in total. The Balaban J connectivity index is 1.66. The number of benzene rings is 1. The molecule has 168 valence electrons. The van der Waals surface area contributed by atoms with Gasteiger partial charge in [-0.3, -0.25) is 4.79 Å². The maximum atomic E-state index is 12.1. The molecule has 0 saturated heterocycles. The molecular weight excluding hydrogens is 390 g/mol. The Kier molecular flexibility index (Phi) is 6.33. The van der Waals surface area contributed by atoms with Crippen molar-refractivity contribution >= 4 is 5.65 Å². The van der Waals surface area contributed by atoms with Crippen LogP contribution in [0.5, 0.6) is 5.75 Å². The summed E-state index contributed by atoms with van der Waals surface area (Å²) in [5.74, 6) is 0.733. The molecule has 3 rings (SSSR count). The van der Waals surface area contributed by atoms with Crippen LogP contribution in [0.15, 0.2) is 41.2 Å². The van der Waals surface area contributed by atoms with Crippen LogP contribution in [-0.4, -0.2) is 32.0 Å². The standard InChI is InChI=1S/C25H35N3O3/c1-17-12-22-27(18(2)13-23(30)28(22)26-17)14-20(29)15-31-21-10-8-19(9-11-21)25(6,7)16-24(3,4)5/h8-13,20,29H,14-16H2,1-7H3/t20-/m1/s1. The Morgan fingerprint density at radius 2 is 1.71 bits per heavy atom. The lowest BCUT2D eigenvalue weighted by atomic mass is 9.72. The van der Waals surface area contributed by atoms with E-state index in [-0.39, 0.29) is 23.0 Å². The molecule has 0 radical (unpaired) electrons. The summed E-state index contributed by atoms with van der Waals surface area (Å²) in [7, 11) is 0. The van der Waals surface area contributed by atoms with E-state index in [1.165, 1.54) is 16.1 Å². The maximum absolute atomic E-state index is 12.1. The summed E-state index contributed by atoms with van der Waals surface area (Å²) in [4.78, 5) is 12.1. The predicted molar refractivity (Wildman–Crippen MR) is 124 cm³/mol. The number of rotatable bonds is 7. The number of aryl methyl sites for hydroxylation is 2. The van der Waals surface area contributed by atoms with Crippen LogP contribution in [0.2, 0.25) is 0 Å². The Morgan fingerprint density at radius 3 is 2.32 bits per heavy atom. The molecule has 2 aromatic heterocycles. The van der Waals surface area contributed by atoms with E-state index in [0.717, 1.165) is 23.6 Å². The van der Waals surface area contributed by atoms with Crippen LogP contribution in [0.1, 0.15) is 58.0 Å². The lowest BCUT2D eigenvalue weighted by Gasteiger charge is -2.33. The fourth-order valence-electron chi connectivity index (χ4n) is 4.46. The Morgan fingerprint density at radius 1 is 1.06 bits per heavy atom. The summed E-state index contributed by atoms with van der Waals surface area (Å²) in [6, 6.07) is 11.5. The topological polar surface area (TPSA) is 68.8 Å². The van der Waals surface area contributed by atoms with Crippen LogP contribution in [0.4, 0.5) is 0 Å². The minimum absolute atomic E-state index is 0.0763. The highest BCUT2D eigenvalue weighted by Gasteiger charge is 2.27. The average molecular weight is 426 g/mol. The molecule has 0 spiro atoms. The minimum Gasteiger partial charge on any atom is -0.491 e. The first-order valence-corrected chi connectivity index (χ1v) is 10.8. The van der Waals surface area contributed by atoms with Gasteiger partial charge in [0.1, 0.15) is 24.1 Å². The first-order valence-electron chi connectivity index (χ1n) is 10.8. The number of ether oxygens (including phenoxy) is 1. The van der Waals surface area contributed by atoms with Gasteiger partial charge in [-0.1, -0.05) is 46.8 Å². The van der Waals surface area contributed by atoms with Gasteiger partial charge in [-0.25, -0.2) is 0 Å². The van der Waals surface area contributed by atoms with Crippen molar-refractivity contribution in [3.8, 4) is 5.75 Å². The molecule has 0 aliphatic carbocycles. The van der Waals surface area contributed by atoms with Crippen molar-refractivity contribution in [3.63, 3.8) is 0 Å². The fraction of sp³-hybridized carbons (Fsp3) is 0.520. The van der Waals surface area contributed by atoms with Crippen molar-refractivity contribution in [1.82, 2.24) is 14.2 Å². The number of aliphatic hydroxyl groups is 1. The molecule has 1 aromatic carbocycles. The molecule has 31 heavy (non-hydrogen) atoms. The van der Waals surface area contributed by atoms with Crippen molar-refractivity contribution in [3.05, 3.63) is 63.7 Å². The summed E-state index contributed by atoms with van der Waals surface area (Å²) < 4.78 is 9.11. The third kappa shape index (κ3) is 5.56. The van der Waals surface area contributed by atoms with Crippen molar-refractivity contribution in [1.29, 1.82) is 0 Å². The molecule has 6 heteroatoms. The highest BCUT2D eigenvalue weighted by atomic mass is 16.5. The molecule has 0 bridgehead atoms. The van der Waals surface area contributed by atoms with E-state index in [0.29, 0.717) is 12.2 Å². The van der Waals surface area contributed by atoms with Crippen LogP contribution in [0.3, 0.4) is 0 Å². The Labute approximate surface area is 184 Å². The summed E-state index contributed by atoms with van der Waals surface area (Å²) in [5.41, 5.74) is 3.65. The molecule has 0 aliphatic rings. The third-order valence-corrected chi connectivity index (χ3v) is 5.50. The van der Waals surface area contributed by atoms with Gasteiger partial charge in [0.25, 0.3) is 5.56 Å². The van der Waals surface area contributed by atoms with E-state index < -0.39 is 6.10 Å². The van der Waals surface area contributed by atoms with E-state index in [9.17, 15) is 9.90 Å². The first kappa shape index (κ1) is 23.1. The molecule has 3 aromatic rings.